The first-order valence-electron chi connectivity index (χ1n) is 8.79. The van der Waals surface area contributed by atoms with E-state index in [-0.39, 0.29) is 17.9 Å². The van der Waals surface area contributed by atoms with E-state index in [0.717, 1.165) is 5.56 Å². The fourth-order valence-electron chi connectivity index (χ4n) is 4.76. The molecule has 0 bridgehead atoms. The minimum Gasteiger partial charge on any atom is -0.323 e. The quantitative estimate of drug-likeness (QED) is 0.689. The number of carbonyl (C=O) groups is 3. The van der Waals surface area contributed by atoms with Crippen LogP contribution in [0.15, 0.2) is 48.5 Å². The van der Waals surface area contributed by atoms with Gasteiger partial charge in [0.15, 0.2) is 0 Å². The maximum Gasteiger partial charge on any atom is 0.250 e. The summed E-state index contributed by atoms with van der Waals surface area (Å²) in [7, 11) is 0. The minimum absolute atomic E-state index is 0.335. The molecule has 0 aliphatic carbocycles. The molecule has 0 radical (unpaired) electrons. The minimum atomic E-state index is -1.29. The Labute approximate surface area is 160 Å². The Morgan fingerprint density at radius 3 is 2.48 bits per heavy atom. The van der Waals surface area contributed by atoms with Crippen molar-refractivity contribution in [3.05, 3.63) is 64.7 Å². The molecule has 3 aliphatic rings. The number of para-hydroxylation sites is 1. The van der Waals surface area contributed by atoms with Crippen LogP contribution in [0.1, 0.15) is 11.1 Å². The number of imide groups is 1. The van der Waals surface area contributed by atoms with Crippen molar-refractivity contribution < 1.29 is 14.4 Å². The van der Waals surface area contributed by atoms with E-state index < -0.39 is 23.3 Å². The van der Waals surface area contributed by atoms with Gasteiger partial charge < -0.3 is 5.32 Å². The number of rotatable bonds is 2. The molecule has 3 N–H and O–H groups in total. The number of nitrogens with one attached hydrogen (secondary N) is 3. The van der Waals surface area contributed by atoms with Crippen LogP contribution in [0.25, 0.3) is 0 Å². The molecule has 3 amide bonds. The zero-order valence-electron chi connectivity index (χ0n) is 14.2. The van der Waals surface area contributed by atoms with Crippen molar-refractivity contribution in [1.82, 2.24) is 10.6 Å². The van der Waals surface area contributed by atoms with Gasteiger partial charge in [-0.3, -0.25) is 25.0 Å². The van der Waals surface area contributed by atoms with Gasteiger partial charge in [-0.25, -0.2) is 0 Å². The molecule has 2 aromatic carbocycles. The lowest BCUT2D eigenvalue weighted by Gasteiger charge is -2.27. The molecule has 4 atom stereocenters. The largest absolute Gasteiger partial charge is 0.323 e. The summed E-state index contributed by atoms with van der Waals surface area (Å²) in [6.07, 6.45) is 0.535. The van der Waals surface area contributed by atoms with Gasteiger partial charge in [0.25, 0.3) is 0 Å². The van der Waals surface area contributed by atoms with Crippen LogP contribution >= 0.6 is 11.6 Å². The van der Waals surface area contributed by atoms with Crippen LogP contribution in [0.4, 0.5) is 5.69 Å². The number of anilines is 1. The number of fused-ring (bicyclic) bond motifs is 4. The Hall–Kier alpha value is -2.70. The second-order valence-corrected chi connectivity index (χ2v) is 7.63. The van der Waals surface area contributed by atoms with Gasteiger partial charge in [-0.2, -0.15) is 0 Å². The molecule has 3 heterocycles. The average Bonchev–Trinajstić information content (AvgIpc) is 3.24. The lowest BCUT2D eigenvalue weighted by molar-refractivity contribution is -0.132. The highest BCUT2D eigenvalue weighted by Crippen LogP contribution is 2.52. The summed E-state index contributed by atoms with van der Waals surface area (Å²) >= 11 is 6.26. The van der Waals surface area contributed by atoms with Gasteiger partial charge in [-0.15, -0.1) is 0 Å². The zero-order chi connectivity index (χ0) is 18.8. The van der Waals surface area contributed by atoms with E-state index in [1.54, 1.807) is 18.2 Å². The Balaban J connectivity index is 1.64. The van der Waals surface area contributed by atoms with E-state index in [4.69, 9.17) is 11.6 Å². The van der Waals surface area contributed by atoms with Crippen molar-refractivity contribution >= 4 is 35.0 Å². The van der Waals surface area contributed by atoms with Crippen LogP contribution in [0.2, 0.25) is 5.02 Å². The fourth-order valence-corrected chi connectivity index (χ4v) is 4.98. The highest BCUT2D eigenvalue weighted by Gasteiger charge is 2.68. The van der Waals surface area contributed by atoms with Gasteiger partial charge in [-0.1, -0.05) is 54.1 Å². The van der Waals surface area contributed by atoms with Crippen LogP contribution in [-0.4, -0.2) is 23.8 Å². The topological polar surface area (TPSA) is 87.3 Å². The maximum atomic E-state index is 13.1. The van der Waals surface area contributed by atoms with Crippen LogP contribution < -0.4 is 16.0 Å². The van der Waals surface area contributed by atoms with Crippen molar-refractivity contribution in [3.63, 3.8) is 0 Å². The molecule has 27 heavy (non-hydrogen) atoms. The van der Waals surface area contributed by atoms with Crippen LogP contribution in [0.5, 0.6) is 0 Å². The molecule has 2 aromatic rings. The maximum absolute atomic E-state index is 13.1. The third-order valence-electron chi connectivity index (χ3n) is 5.84. The first-order valence-corrected chi connectivity index (χ1v) is 9.17. The number of hydrogen-bond acceptors (Lipinski definition) is 4. The Morgan fingerprint density at radius 1 is 0.926 bits per heavy atom. The molecule has 0 aromatic heterocycles. The summed E-state index contributed by atoms with van der Waals surface area (Å²) in [6.45, 7) is 0. The fraction of sp³-hybridized carbons (Fsp3) is 0.250. The van der Waals surface area contributed by atoms with Gasteiger partial charge in [0, 0.05) is 11.6 Å². The van der Waals surface area contributed by atoms with Crippen molar-refractivity contribution in [2.24, 2.45) is 11.8 Å². The van der Waals surface area contributed by atoms with E-state index >= 15 is 0 Å². The van der Waals surface area contributed by atoms with Gasteiger partial charge in [0.05, 0.1) is 22.5 Å². The average molecular weight is 382 g/mol. The molecule has 2 fully saturated rings. The van der Waals surface area contributed by atoms with Crippen LogP contribution in [-0.2, 0) is 26.3 Å². The molecule has 1 spiro atoms. The molecular weight excluding hydrogens is 366 g/mol. The zero-order valence-corrected chi connectivity index (χ0v) is 14.9. The molecule has 136 valence electrons. The van der Waals surface area contributed by atoms with Gasteiger partial charge >= 0.3 is 0 Å². The Kier molecular flexibility index (Phi) is 3.44. The van der Waals surface area contributed by atoms with Crippen molar-refractivity contribution in [1.29, 1.82) is 0 Å². The van der Waals surface area contributed by atoms with Crippen molar-refractivity contribution in [3.8, 4) is 0 Å². The Morgan fingerprint density at radius 2 is 1.70 bits per heavy atom. The third-order valence-corrected chi connectivity index (χ3v) is 6.15. The standard InChI is InChI=1S/C20H16ClN3O3/c21-12-8-4-7-11-16(12)22-19(27)20(11)15-14(17(25)23-18(15)26)13(24-20)9-10-5-2-1-3-6-10/h1-8,13-15,24H,9H2,(H,22,27)(H,23,25,26)/t13-,14-,15-,20-/m1/s1. The summed E-state index contributed by atoms with van der Waals surface area (Å²) in [5.74, 6) is -2.53. The van der Waals surface area contributed by atoms with Gasteiger partial charge in [-0.05, 0) is 18.1 Å². The molecule has 2 saturated heterocycles. The third kappa shape index (κ3) is 2.14. The molecule has 0 unspecified atom stereocenters. The Bertz CT molecular complexity index is 993. The summed E-state index contributed by atoms with van der Waals surface area (Å²) in [5, 5.41) is 9.00. The highest BCUT2D eigenvalue weighted by molar-refractivity contribution is 6.35. The predicted octanol–water partition coefficient (Wildman–Crippen LogP) is 1.59. The first-order chi connectivity index (χ1) is 13.0. The summed E-state index contributed by atoms with van der Waals surface area (Å²) in [5.41, 5.74) is 0.863. The normalized spacial score (nSPS) is 31.0. The smallest absolute Gasteiger partial charge is 0.250 e. The number of carbonyl (C=O) groups excluding carboxylic acids is 3. The number of halogens is 1. The van der Waals surface area contributed by atoms with E-state index in [0.29, 0.717) is 22.7 Å². The molecule has 6 nitrogen and oxygen atoms in total. The monoisotopic (exact) mass is 381 g/mol. The highest BCUT2D eigenvalue weighted by atomic mass is 35.5. The lowest BCUT2D eigenvalue weighted by atomic mass is 9.76. The van der Waals surface area contributed by atoms with E-state index in [9.17, 15) is 14.4 Å². The first kappa shape index (κ1) is 16.5. The van der Waals surface area contributed by atoms with Crippen LogP contribution in [0.3, 0.4) is 0 Å². The van der Waals surface area contributed by atoms with Gasteiger partial charge in [0.1, 0.15) is 5.54 Å². The van der Waals surface area contributed by atoms with E-state index in [1.807, 2.05) is 30.3 Å². The summed E-state index contributed by atoms with van der Waals surface area (Å²) < 4.78 is 0. The predicted molar refractivity (Wildman–Crippen MR) is 99.0 cm³/mol. The van der Waals surface area contributed by atoms with E-state index in [1.165, 1.54) is 0 Å². The second-order valence-electron chi connectivity index (χ2n) is 7.22. The van der Waals surface area contributed by atoms with Crippen molar-refractivity contribution in [2.75, 3.05) is 5.32 Å². The molecule has 7 heteroatoms. The molecule has 3 aliphatic heterocycles. The second kappa shape index (κ2) is 5.65. The van der Waals surface area contributed by atoms with Crippen LogP contribution in [0, 0.1) is 11.8 Å². The molecular formula is C20H16ClN3O3. The molecule has 5 rings (SSSR count). The van der Waals surface area contributed by atoms with E-state index in [2.05, 4.69) is 16.0 Å². The number of hydrogen-bond donors (Lipinski definition) is 3. The lowest BCUT2D eigenvalue weighted by Crippen LogP contribution is -2.53. The molecule has 0 saturated carbocycles. The summed E-state index contributed by atoms with van der Waals surface area (Å²) in [4.78, 5) is 38.3. The SMILES string of the molecule is O=C1NC(=O)[C@H]2[C@H]1[C@@H](Cc1ccccc1)N[C@@]21C(=O)Nc2c(Cl)cccc21. The summed E-state index contributed by atoms with van der Waals surface area (Å²) in [6, 6.07) is 14.6. The van der Waals surface area contributed by atoms with Crippen molar-refractivity contribution in [2.45, 2.75) is 18.0 Å². The number of benzene rings is 2. The number of amides is 3. The van der Waals surface area contributed by atoms with Gasteiger partial charge in [0.2, 0.25) is 17.7 Å².